The largest absolute Gasteiger partial charge is 0.394 e. The molecule has 4 nitrogen and oxygen atoms in total. The minimum atomic E-state index is -0.404. The SMILES string of the molecule is O=C(Nc1ccc(Br)cc1Cl)NC(CO)Cc1ccccc1. The fraction of sp³-hybridized carbons (Fsp3) is 0.188. The molecule has 0 aliphatic heterocycles. The van der Waals surface area contributed by atoms with Gasteiger partial charge in [0, 0.05) is 4.47 Å². The standard InChI is InChI=1S/C16H16BrClN2O2/c17-12-6-7-15(14(18)9-12)20-16(22)19-13(10-21)8-11-4-2-1-3-5-11/h1-7,9,13,21H,8,10H2,(H2,19,20,22). The summed E-state index contributed by atoms with van der Waals surface area (Å²) in [6.07, 6.45) is 0.554. The first-order chi connectivity index (χ1) is 10.6. The van der Waals surface area contributed by atoms with E-state index in [0.29, 0.717) is 17.1 Å². The molecule has 2 amide bonds. The van der Waals surface area contributed by atoms with Gasteiger partial charge in [-0.1, -0.05) is 57.9 Å². The van der Waals surface area contributed by atoms with Crippen LogP contribution in [0.15, 0.2) is 53.0 Å². The molecule has 0 heterocycles. The minimum absolute atomic E-state index is 0.142. The van der Waals surface area contributed by atoms with Crippen molar-refractivity contribution in [2.45, 2.75) is 12.5 Å². The summed E-state index contributed by atoms with van der Waals surface area (Å²) in [5.41, 5.74) is 1.56. The van der Waals surface area contributed by atoms with Crippen molar-refractivity contribution in [3.63, 3.8) is 0 Å². The third-order valence-corrected chi connectivity index (χ3v) is 3.87. The number of hydrogen-bond donors (Lipinski definition) is 3. The Labute approximate surface area is 142 Å². The molecule has 116 valence electrons. The molecule has 2 rings (SSSR count). The number of rotatable bonds is 5. The lowest BCUT2D eigenvalue weighted by Gasteiger charge is -2.17. The second-order valence-corrected chi connectivity index (χ2v) is 6.11. The van der Waals surface area contributed by atoms with Gasteiger partial charge in [0.25, 0.3) is 0 Å². The number of nitrogens with one attached hydrogen (secondary N) is 2. The molecule has 2 aromatic carbocycles. The fourth-order valence-electron chi connectivity index (χ4n) is 1.99. The van der Waals surface area contributed by atoms with Gasteiger partial charge in [-0.05, 0) is 30.2 Å². The summed E-state index contributed by atoms with van der Waals surface area (Å²) in [5.74, 6) is 0. The number of aliphatic hydroxyl groups excluding tert-OH is 1. The van der Waals surface area contributed by atoms with Crippen LogP contribution in [0, 0.1) is 0 Å². The van der Waals surface area contributed by atoms with E-state index in [2.05, 4.69) is 26.6 Å². The van der Waals surface area contributed by atoms with Crippen molar-refractivity contribution in [3.8, 4) is 0 Å². The van der Waals surface area contributed by atoms with Crippen molar-refractivity contribution in [1.82, 2.24) is 5.32 Å². The summed E-state index contributed by atoms with van der Waals surface area (Å²) in [6.45, 7) is -0.142. The second kappa shape index (κ2) is 8.17. The molecule has 0 aromatic heterocycles. The molecule has 22 heavy (non-hydrogen) atoms. The lowest BCUT2D eigenvalue weighted by molar-refractivity contribution is 0.224. The first-order valence-electron chi connectivity index (χ1n) is 6.76. The highest BCUT2D eigenvalue weighted by atomic mass is 79.9. The lowest BCUT2D eigenvalue weighted by Crippen LogP contribution is -2.41. The van der Waals surface area contributed by atoms with Crippen LogP contribution in [0.25, 0.3) is 0 Å². The molecule has 1 unspecified atom stereocenters. The molecule has 0 saturated carbocycles. The van der Waals surface area contributed by atoms with E-state index in [1.54, 1.807) is 18.2 Å². The van der Waals surface area contributed by atoms with Gasteiger partial charge >= 0.3 is 6.03 Å². The normalized spacial score (nSPS) is 11.8. The van der Waals surface area contributed by atoms with E-state index in [-0.39, 0.29) is 12.6 Å². The predicted molar refractivity (Wildman–Crippen MR) is 92.3 cm³/mol. The van der Waals surface area contributed by atoms with Crippen LogP contribution in [-0.2, 0) is 6.42 Å². The zero-order chi connectivity index (χ0) is 15.9. The average Bonchev–Trinajstić information content (AvgIpc) is 2.50. The Morgan fingerprint density at radius 1 is 1.23 bits per heavy atom. The maximum absolute atomic E-state index is 12.0. The number of carbonyl (C=O) groups excluding carboxylic acids is 1. The fourth-order valence-corrected chi connectivity index (χ4v) is 2.72. The molecule has 0 saturated heterocycles. The molecule has 0 bridgehead atoms. The van der Waals surface area contributed by atoms with Gasteiger partial charge in [0.2, 0.25) is 0 Å². The van der Waals surface area contributed by atoms with Gasteiger partial charge in [-0.15, -0.1) is 0 Å². The maximum atomic E-state index is 12.0. The second-order valence-electron chi connectivity index (χ2n) is 4.79. The molecule has 1 atom stereocenters. The molecule has 6 heteroatoms. The number of benzene rings is 2. The number of aliphatic hydroxyl groups is 1. The van der Waals surface area contributed by atoms with Crippen LogP contribution in [0.4, 0.5) is 10.5 Å². The van der Waals surface area contributed by atoms with E-state index in [0.717, 1.165) is 10.0 Å². The third kappa shape index (κ3) is 5.02. The maximum Gasteiger partial charge on any atom is 0.319 e. The van der Waals surface area contributed by atoms with E-state index in [9.17, 15) is 9.90 Å². The summed E-state index contributed by atoms with van der Waals surface area (Å²) in [5, 5.41) is 15.3. The number of urea groups is 1. The summed E-state index contributed by atoms with van der Waals surface area (Å²) >= 11 is 9.36. The van der Waals surface area contributed by atoms with Gasteiger partial charge < -0.3 is 15.7 Å². The molecule has 0 aliphatic carbocycles. The van der Waals surface area contributed by atoms with Crippen LogP contribution in [-0.4, -0.2) is 23.8 Å². The Balaban J connectivity index is 1.94. The van der Waals surface area contributed by atoms with Crippen LogP contribution in [0.5, 0.6) is 0 Å². The van der Waals surface area contributed by atoms with E-state index < -0.39 is 6.03 Å². The van der Waals surface area contributed by atoms with E-state index in [4.69, 9.17) is 11.6 Å². The molecule has 0 fully saturated rings. The zero-order valence-corrected chi connectivity index (χ0v) is 14.1. The Morgan fingerprint density at radius 2 is 1.95 bits per heavy atom. The highest BCUT2D eigenvalue weighted by molar-refractivity contribution is 9.10. The molecular formula is C16H16BrClN2O2. The number of amides is 2. The Bertz CT molecular complexity index is 637. The summed E-state index contributed by atoms with van der Waals surface area (Å²) in [6, 6.07) is 14.1. The first-order valence-corrected chi connectivity index (χ1v) is 7.93. The van der Waals surface area contributed by atoms with Gasteiger partial charge in [0.1, 0.15) is 0 Å². The van der Waals surface area contributed by atoms with Crippen LogP contribution < -0.4 is 10.6 Å². The third-order valence-electron chi connectivity index (χ3n) is 3.06. The molecule has 0 spiro atoms. The van der Waals surface area contributed by atoms with Crippen molar-refractivity contribution in [2.24, 2.45) is 0 Å². The lowest BCUT2D eigenvalue weighted by atomic mass is 10.1. The average molecular weight is 384 g/mol. The Hall–Kier alpha value is -1.56. The smallest absolute Gasteiger partial charge is 0.319 e. The number of carbonyl (C=O) groups is 1. The topological polar surface area (TPSA) is 61.4 Å². The highest BCUT2D eigenvalue weighted by Crippen LogP contribution is 2.25. The quantitative estimate of drug-likeness (QED) is 0.735. The van der Waals surface area contributed by atoms with Crippen molar-refractivity contribution < 1.29 is 9.90 Å². The van der Waals surface area contributed by atoms with Crippen molar-refractivity contribution in [2.75, 3.05) is 11.9 Å². The minimum Gasteiger partial charge on any atom is -0.394 e. The molecule has 3 N–H and O–H groups in total. The molecule has 0 radical (unpaired) electrons. The van der Waals surface area contributed by atoms with Gasteiger partial charge in [-0.25, -0.2) is 4.79 Å². The van der Waals surface area contributed by atoms with Gasteiger partial charge in [0.15, 0.2) is 0 Å². The Kier molecular flexibility index (Phi) is 6.24. The van der Waals surface area contributed by atoms with Crippen molar-refractivity contribution in [3.05, 3.63) is 63.6 Å². The summed E-state index contributed by atoms with van der Waals surface area (Å²) in [4.78, 5) is 12.0. The molecule has 0 aliphatic rings. The van der Waals surface area contributed by atoms with Crippen molar-refractivity contribution >= 4 is 39.2 Å². The van der Waals surface area contributed by atoms with Crippen LogP contribution in [0.2, 0.25) is 5.02 Å². The summed E-state index contributed by atoms with van der Waals surface area (Å²) < 4.78 is 0.834. The monoisotopic (exact) mass is 382 g/mol. The zero-order valence-electron chi connectivity index (χ0n) is 11.7. The number of halogens is 2. The molecule has 2 aromatic rings. The first kappa shape index (κ1) is 16.8. The van der Waals surface area contributed by atoms with E-state index in [1.165, 1.54) is 0 Å². The number of anilines is 1. The Morgan fingerprint density at radius 3 is 2.59 bits per heavy atom. The highest BCUT2D eigenvalue weighted by Gasteiger charge is 2.13. The van der Waals surface area contributed by atoms with Gasteiger partial charge in [-0.3, -0.25) is 0 Å². The van der Waals surface area contributed by atoms with Gasteiger partial charge in [0.05, 0.1) is 23.4 Å². The van der Waals surface area contributed by atoms with Crippen LogP contribution in [0.3, 0.4) is 0 Å². The van der Waals surface area contributed by atoms with Crippen molar-refractivity contribution in [1.29, 1.82) is 0 Å². The number of hydrogen-bond acceptors (Lipinski definition) is 2. The summed E-state index contributed by atoms with van der Waals surface area (Å²) in [7, 11) is 0. The van der Waals surface area contributed by atoms with E-state index >= 15 is 0 Å². The van der Waals surface area contributed by atoms with E-state index in [1.807, 2.05) is 30.3 Å². The predicted octanol–water partition coefficient (Wildman–Crippen LogP) is 3.83. The van der Waals surface area contributed by atoms with Crippen LogP contribution >= 0.6 is 27.5 Å². The van der Waals surface area contributed by atoms with Gasteiger partial charge in [-0.2, -0.15) is 0 Å². The van der Waals surface area contributed by atoms with Crippen LogP contribution in [0.1, 0.15) is 5.56 Å². The molecular weight excluding hydrogens is 368 g/mol.